The zero-order valence-electron chi connectivity index (χ0n) is 15.9. The van der Waals surface area contributed by atoms with Gasteiger partial charge in [-0.2, -0.15) is 0 Å². The van der Waals surface area contributed by atoms with E-state index in [-0.39, 0.29) is 52.4 Å². The fraction of sp³-hybridized carbons (Fsp3) is 0.769. The molecule has 0 bridgehead atoms. The van der Waals surface area contributed by atoms with Crippen molar-refractivity contribution in [3.63, 3.8) is 0 Å². The molecule has 7 N–H and O–H groups in total. The molecule has 0 aromatic heterocycles. The number of rotatable bonds is 9. The molecule has 30 heavy (non-hydrogen) atoms. The molecule has 1 saturated heterocycles. The molecule has 0 saturated carbocycles. The smallest absolute Gasteiger partial charge is 0.360 e. The second-order valence-corrected chi connectivity index (χ2v) is 10.5. The van der Waals surface area contributed by atoms with Gasteiger partial charge in [-0.25, -0.2) is 0 Å². The van der Waals surface area contributed by atoms with E-state index < -0.39 is 45.1 Å². The number of aliphatic carboxylic acids is 2. The van der Waals surface area contributed by atoms with Crippen molar-refractivity contribution >= 4 is 33.0 Å². The predicted molar refractivity (Wildman–Crippen MR) is 101 cm³/mol. The van der Waals surface area contributed by atoms with Crippen LogP contribution in [0, 0.1) is 0 Å². The van der Waals surface area contributed by atoms with Crippen LogP contribution in [0.2, 0.25) is 0 Å². The molecule has 174 valence electrons. The number of carboxylic acid groups (broad SMARTS) is 2. The topological polar surface area (TPSA) is 228 Å². The Morgan fingerprint density at radius 3 is 1.27 bits per heavy atom. The van der Waals surface area contributed by atoms with E-state index in [0.717, 1.165) is 0 Å². The van der Waals surface area contributed by atoms with Gasteiger partial charge in [0.25, 0.3) is 0 Å². The van der Waals surface area contributed by atoms with Crippen LogP contribution in [0.1, 0.15) is 0 Å². The molecule has 0 aromatic carbocycles. The monoisotopic (exact) mass is 476 g/mol. The summed E-state index contributed by atoms with van der Waals surface area (Å²) in [6, 6.07) is 0. The van der Waals surface area contributed by atoms with E-state index in [1.807, 2.05) is 0 Å². The first kappa shape index (κ1) is 26.6. The van der Waals surface area contributed by atoms with Crippen LogP contribution in [0.15, 0.2) is 0 Å². The van der Waals surface area contributed by atoms with E-state index >= 15 is 0 Å². The van der Waals surface area contributed by atoms with Crippen molar-refractivity contribution in [1.82, 2.24) is 20.0 Å². The van der Waals surface area contributed by atoms with Crippen LogP contribution in [0.3, 0.4) is 0 Å². The lowest BCUT2D eigenvalue weighted by Gasteiger charge is -2.26. The van der Waals surface area contributed by atoms with Crippen molar-refractivity contribution in [2.24, 2.45) is 0 Å². The molecule has 0 spiro atoms. The van der Waals surface area contributed by atoms with Gasteiger partial charge in [-0.1, -0.05) is 0 Å². The van der Waals surface area contributed by atoms with E-state index in [0.29, 0.717) is 0 Å². The summed E-state index contributed by atoms with van der Waals surface area (Å²) < 4.78 is 22.6. The summed E-state index contributed by atoms with van der Waals surface area (Å²) in [7, 11) is -10.7. The number of hydrogen-bond acceptors (Lipinski definition) is 8. The molecule has 17 heteroatoms. The van der Waals surface area contributed by atoms with Gasteiger partial charge in [-0.15, -0.1) is 0 Å². The highest BCUT2D eigenvalue weighted by Gasteiger charge is 2.44. The van der Waals surface area contributed by atoms with Crippen molar-refractivity contribution in [2.75, 3.05) is 58.9 Å². The summed E-state index contributed by atoms with van der Waals surface area (Å²) in [5.41, 5.74) is -2.68. The lowest BCUT2D eigenvalue weighted by atomic mass is 10.4. The van der Waals surface area contributed by atoms with Crippen molar-refractivity contribution in [2.45, 2.75) is 5.52 Å². The standard InChI is InChI=1S/C13H26N4O11P2/c18-10(14-13(29(23,24)25)30(26,27)28)7-15-1-3-16(8-11(19)20)5-6-17(4-2-15)9-12(21)22/h13H,1-9H2,(H,14,18)(H,19,20)(H,21,22)(H2,23,24,25)(H2,26,27,28). The van der Waals surface area contributed by atoms with E-state index in [9.17, 15) is 23.5 Å². The lowest BCUT2D eigenvalue weighted by Crippen LogP contribution is -2.45. The minimum absolute atomic E-state index is 0.165. The third-order valence-electron chi connectivity index (χ3n) is 4.21. The van der Waals surface area contributed by atoms with Gasteiger partial charge in [-0.3, -0.25) is 38.2 Å². The molecule has 1 aliphatic rings. The summed E-state index contributed by atoms with van der Waals surface area (Å²) in [5, 5.41) is 19.7. The van der Waals surface area contributed by atoms with E-state index in [4.69, 9.17) is 29.8 Å². The average molecular weight is 476 g/mol. The van der Waals surface area contributed by atoms with Gasteiger partial charge in [0.1, 0.15) is 0 Å². The number of carboxylic acids is 2. The SMILES string of the molecule is O=C(O)CN1CCN(CC(=O)O)CCN(CC(=O)NC(P(=O)(O)O)P(=O)(O)O)CC1. The summed E-state index contributed by atoms with van der Waals surface area (Å²) >= 11 is 0. The number of carbonyl (C=O) groups is 3. The number of nitrogens with one attached hydrogen (secondary N) is 1. The highest BCUT2D eigenvalue weighted by Crippen LogP contribution is 2.58. The first-order chi connectivity index (χ1) is 13.7. The van der Waals surface area contributed by atoms with Gasteiger partial charge < -0.3 is 35.1 Å². The fourth-order valence-corrected chi connectivity index (χ4v) is 4.99. The molecule has 1 amide bonds. The Hall–Kier alpha value is -1.41. The lowest BCUT2D eigenvalue weighted by molar-refractivity contribution is -0.140. The third kappa shape index (κ3) is 10.1. The zero-order chi connectivity index (χ0) is 23.1. The quantitative estimate of drug-likeness (QED) is 0.163. The summed E-state index contributed by atoms with van der Waals surface area (Å²) in [6.45, 7) is 0.200. The van der Waals surface area contributed by atoms with Gasteiger partial charge in [0.2, 0.25) is 11.4 Å². The molecular weight excluding hydrogens is 450 g/mol. The molecule has 15 nitrogen and oxygen atoms in total. The van der Waals surface area contributed by atoms with Gasteiger partial charge in [0, 0.05) is 39.3 Å². The Morgan fingerprint density at radius 1 is 0.700 bits per heavy atom. The van der Waals surface area contributed by atoms with Crippen LogP contribution in [0.4, 0.5) is 0 Å². The minimum Gasteiger partial charge on any atom is -0.480 e. The van der Waals surface area contributed by atoms with Crippen LogP contribution >= 0.6 is 15.2 Å². The summed E-state index contributed by atoms with van der Waals surface area (Å²) in [4.78, 5) is 75.1. The summed E-state index contributed by atoms with van der Waals surface area (Å²) in [5.74, 6) is -3.23. The molecule has 0 radical (unpaired) electrons. The van der Waals surface area contributed by atoms with Crippen molar-refractivity contribution in [1.29, 1.82) is 0 Å². The van der Waals surface area contributed by atoms with Gasteiger partial charge in [0.15, 0.2) is 0 Å². The van der Waals surface area contributed by atoms with Crippen LogP contribution in [-0.2, 0) is 23.5 Å². The molecule has 1 aliphatic heterocycles. The van der Waals surface area contributed by atoms with Gasteiger partial charge in [-0.05, 0) is 0 Å². The Morgan fingerprint density at radius 2 is 1.00 bits per heavy atom. The van der Waals surface area contributed by atoms with Crippen LogP contribution in [0.5, 0.6) is 0 Å². The molecule has 1 heterocycles. The number of nitrogens with zero attached hydrogens (tertiary/aromatic N) is 3. The summed E-state index contributed by atoms with van der Waals surface area (Å²) in [6.07, 6.45) is 0. The zero-order valence-corrected chi connectivity index (χ0v) is 17.7. The predicted octanol–water partition coefficient (Wildman–Crippen LogP) is -3.17. The Labute approximate surface area is 171 Å². The number of hydrogen-bond donors (Lipinski definition) is 7. The Kier molecular flexibility index (Phi) is 10.0. The molecule has 0 unspecified atom stereocenters. The molecule has 0 atom stereocenters. The minimum atomic E-state index is -5.34. The molecule has 0 aromatic rings. The van der Waals surface area contributed by atoms with E-state index in [1.54, 1.807) is 15.1 Å². The number of carbonyl (C=O) groups excluding carboxylic acids is 1. The van der Waals surface area contributed by atoms with Gasteiger partial charge in [0.05, 0.1) is 19.6 Å². The molecular formula is C13H26N4O11P2. The maximum atomic E-state index is 12.2. The fourth-order valence-electron chi connectivity index (χ4n) is 2.80. The molecule has 0 aliphatic carbocycles. The first-order valence-electron chi connectivity index (χ1n) is 8.69. The Balaban J connectivity index is 2.87. The third-order valence-corrected chi connectivity index (χ3v) is 7.55. The Bertz CT molecular complexity index is 674. The molecule has 1 rings (SSSR count). The highest BCUT2D eigenvalue weighted by molar-refractivity contribution is 7.70. The normalized spacial score (nSPS) is 18.4. The van der Waals surface area contributed by atoms with Gasteiger partial charge >= 0.3 is 27.1 Å². The average Bonchev–Trinajstić information content (AvgIpc) is 2.63. The van der Waals surface area contributed by atoms with Crippen molar-refractivity contribution < 1.29 is 53.3 Å². The van der Waals surface area contributed by atoms with E-state index in [1.165, 1.54) is 4.90 Å². The van der Waals surface area contributed by atoms with Crippen molar-refractivity contribution in [3.8, 4) is 0 Å². The highest BCUT2D eigenvalue weighted by atomic mass is 31.2. The van der Waals surface area contributed by atoms with E-state index in [2.05, 4.69) is 0 Å². The number of amides is 1. The second-order valence-electron chi connectivity index (χ2n) is 6.74. The van der Waals surface area contributed by atoms with Crippen molar-refractivity contribution in [3.05, 3.63) is 0 Å². The maximum Gasteiger partial charge on any atom is 0.360 e. The molecule has 1 fully saturated rings. The largest absolute Gasteiger partial charge is 0.480 e. The van der Waals surface area contributed by atoms with Crippen LogP contribution in [0.25, 0.3) is 0 Å². The first-order valence-corrected chi connectivity index (χ1v) is 12.0. The second kappa shape index (κ2) is 11.3. The maximum absolute atomic E-state index is 12.2. The van der Waals surface area contributed by atoms with Crippen LogP contribution in [-0.4, -0.2) is 127 Å². The van der Waals surface area contributed by atoms with Crippen LogP contribution < -0.4 is 5.32 Å².